The molecule has 1 heteroatoms. The second-order valence-corrected chi connectivity index (χ2v) is 16.1. The van der Waals surface area contributed by atoms with Crippen molar-refractivity contribution >= 4 is 33.4 Å². The number of hydrogen-bond acceptors (Lipinski definition) is 1. The minimum Gasteiger partial charge on any atom is -0.310 e. The van der Waals surface area contributed by atoms with Crippen LogP contribution in [0.1, 0.15) is 73.4 Å². The lowest BCUT2D eigenvalue weighted by atomic mass is 9.82. The van der Waals surface area contributed by atoms with Crippen molar-refractivity contribution in [2.45, 2.75) is 50.9 Å². The Bertz CT molecular complexity index is 2630. The highest BCUT2D eigenvalue weighted by molar-refractivity contribution is 6.04. The fourth-order valence-corrected chi connectivity index (χ4v) is 9.67. The van der Waals surface area contributed by atoms with Crippen LogP contribution in [0, 0.1) is 0 Å². The van der Waals surface area contributed by atoms with Crippen LogP contribution in [-0.4, -0.2) is 0 Å². The maximum absolute atomic E-state index is 2.46. The van der Waals surface area contributed by atoms with Gasteiger partial charge < -0.3 is 4.90 Å². The van der Waals surface area contributed by atoms with Gasteiger partial charge in [-0.15, -0.1) is 0 Å². The number of fused-ring (bicyclic) bond motifs is 8. The summed E-state index contributed by atoms with van der Waals surface area (Å²) in [6.45, 7) is 9.45. The van der Waals surface area contributed by atoms with Gasteiger partial charge in [-0.1, -0.05) is 161 Å². The zero-order valence-corrected chi connectivity index (χ0v) is 30.9. The van der Waals surface area contributed by atoms with Crippen molar-refractivity contribution in [1.29, 1.82) is 0 Å². The van der Waals surface area contributed by atoms with Crippen LogP contribution < -0.4 is 4.90 Å². The highest BCUT2D eigenvalue weighted by Crippen LogP contribution is 2.53. The summed E-state index contributed by atoms with van der Waals surface area (Å²) in [4.78, 5) is 2.46. The lowest BCUT2D eigenvalue weighted by Crippen LogP contribution is -2.16. The summed E-state index contributed by atoms with van der Waals surface area (Å²) < 4.78 is 0. The fraction of sp³-hybridized carbons (Fsp3) is 0.154. The van der Waals surface area contributed by atoms with E-state index in [9.17, 15) is 0 Å². The first kappa shape index (κ1) is 31.8. The molecule has 0 aromatic heterocycles. The molecule has 0 amide bonds. The first-order valence-electron chi connectivity index (χ1n) is 19.0. The zero-order valence-electron chi connectivity index (χ0n) is 30.9. The lowest BCUT2D eigenvalue weighted by Gasteiger charge is -2.29. The molecule has 1 unspecified atom stereocenters. The molecule has 0 saturated carbocycles. The van der Waals surface area contributed by atoms with Gasteiger partial charge in [-0.25, -0.2) is 0 Å². The molecule has 3 aliphatic rings. The SMILES string of the molecule is CC1(C)c2ccccc2-c2ccc(N(c3ccc(C4=CC=CCC4c4ccccc4)cc3)c3ccc4c5c(ccc4c3)C(C)(C)c3ccccc3-5)cc21. The standard InChI is InChI=1S/C52H43N/c1-51(2)47-21-13-11-19-45(47)50-42-29-27-38(32-36(42)24-31-48(50)51)53(39-28-30-44-43-18-10-12-20-46(43)52(3,4)49(44)33-39)37-25-22-35(23-26-37)41-17-9-8-16-40(41)34-14-6-5-7-15-34/h5-15,17-33,40H,16H2,1-4H3. The van der Waals surface area contributed by atoms with E-state index in [1.54, 1.807) is 0 Å². The van der Waals surface area contributed by atoms with Gasteiger partial charge in [0.15, 0.2) is 0 Å². The van der Waals surface area contributed by atoms with Crippen LogP contribution >= 0.6 is 0 Å². The first-order chi connectivity index (χ1) is 25.8. The number of allylic oxidation sites excluding steroid dienone is 4. The van der Waals surface area contributed by atoms with Gasteiger partial charge in [-0.05, 0) is 115 Å². The molecule has 7 aromatic carbocycles. The average molecular weight is 682 g/mol. The van der Waals surface area contributed by atoms with E-state index in [-0.39, 0.29) is 10.8 Å². The Morgan fingerprint density at radius 3 is 1.92 bits per heavy atom. The molecule has 1 atom stereocenters. The number of anilines is 3. The van der Waals surface area contributed by atoms with Gasteiger partial charge in [0.2, 0.25) is 0 Å². The van der Waals surface area contributed by atoms with Crippen molar-refractivity contribution in [3.8, 4) is 22.3 Å². The monoisotopic (exact) mass is 681 g/mol. The normalized spacial score (nSPS) is 17.1. The maximum atomic E-state index is 2.46. The highest BCUT2D eigenvalue weighted by Gasteiger charge is 2.37. The summed E-state index contributed by atoms with van der Waals surface area (Å²) in [6.07, 6.45) is 7.82. The molecule has 0 spiro atoms. The fourth-order valence-electron chi connectivity index (χ4n) is 9.67. The Labute approximate surface area is 313 Å². The van der Waals surface area contributed by atoms with E-state index in [1.165, 1.54) is 77.7 Å². The highest BCUT2D eigenvalue weighted by atomic mass is 15.1. The summed E-state index contributed by atoms with van der Waals surface area (Å²) in [7, 11) is 0. The number of benzene rings is 7. The molecule has 3 aliphatic carbocycles. The lowest BCUT2D eigenvalue weighted by molar-refractivity contribution is 0.660. The average Bonchev–Trinajstić information content (AvgIpc) is 3.58. The largest absolute Gasteiger partial charge is 0.310 e. The molecule has 0 saturated heterocycles. The molecule has 0 aliphatic heterocycles. The van der Waals surface area contributed by atoms with E-state index in [1.807, 2.05) is 0 Å². The van der Waals surface area contributed by atoms with E-state index in [0.717, 1.165) is 17.8 Å². The molecule has 0 heterocycles. The molecule has 0 radical (unpaired) electrons. The summed E-state index contributed by atoms with van der Waals surface area (Å²) >= 11 is 0. The summed E-state index contributed by atoms with van der Waals surface area (Å²) in [5, 5.41) is 2.57. The summed E-state index contributed by atoms with van der Waals surface area (Å²) in [5.74, 6) is 0.348. The molecular weight excluding hydrogens is 639 g/mol. The van der Waals surface area contributed by atoms with Crippen LogP contribution in [0.15, 0.2) is 170 Å². The van der Waals surface area contributed by atoms with Crippen molar-refractivity contribution in [2.75, 3.05) is 4.90 Å². The predicted molar refractivity (Wildman–Crippen MR) is 225 cm³/mol. The quantitative estimate of drug-likeness (QED) is 0.175. The Morgan fingerprint density at radius 2 is 1.13 bits per heavy atom. The predicted octanol–water partition coefficient (Wildman–Crippen LogP) is 14.0. The van der Waals surface area contributed by atoms with Gasteiger partial charge >= 0.3 is 0 Å². The number of hydrogen-bond donors (Lipinski definition) is 0. The van der Waals surface area contributed by atoms with E-state index in [4.69, 9.17) is 0 Å². The first-order valence-corrected chi connectivity index (χ1v) is 19.0. The molecular formula is C52H43N. The van der Waals surface area contributed by atoms with Gasteiger partial charge in [-0.2, -0.15) is 0 Å². The Balaban J connectivity index is 1.12. The van der Waals surface area contributed by atoms with E-state index < -0.39 is 0 Å². The minimum atomic E-state index is -0.0883. The van der Waals surface area contributed by atoms with Crippen molar-refractivity contribution in [2.24, 2.45) is 0 Å². The van der Waals surface area contributed by atoms with Gasteiger partial charge in [0.05, 0.1) is 0 Å². The number of nitrogens with zero attached hydrogens (tertiary/aromatic N) is 1. The second kappa shape index (κ2) is 11.8. The Kier molecular flexibility index (Phi) is 7.08. The smallest absolute Gasteiger partial charge is 0.0468 e. The third-order valence-electron chi connectivity index (χ3n) is 12.4. The van der Waals surface area contributed by atoms with Crippen LogP contribution in [0.2, 0.25) is 0 Å². The molecule has 256 valence electrons. The zero-order chi connectivity index (χ0) is 35.9. The maximum Gasteiger partial charge on any atom is 0.0468 e. The van der Waals surface area contributed by atoms with Crippen LogP contribution in [0.4, 0.5) is 17.1 Å². The van der Waals surface area contributed by atoms with Crippen LogP contribution in [0.25, 0.3) is 38.6 Å². The van der Waals surface area contributed by atoms with Gasteiger partial charge in [0.1, 0.15) is 0 Å². The summed E-state index contributed by atoms with van der Waals surface area (Å²) in [5.41, 5.74) is 18.4. The molecule has 0 fully saturated rings. The van der Waals surface area contributed by atoms with Crippen LogP contribution in [0.3, 0.4) is 0 Å². The van der Waals surface area contributed by atoms with Crippen LogP contribution in [0.5, 0.6) is 0 Å². The Morgan fingerprint density at radius 1 is 0.509 bits per heavy atom. The molecule has 0 bridgehead atoms. The molecule has 53 heavy (non-hydrogen) atoms. The minimum absolute atomic E-state index is 0.0234. The van der Waals surface area contributed by atoms with Crippen molar-refractivity contribution in [1.82, 2.24) is 0 Å². The van der Waals surface area contributed by atoms with Crippen molar-refractivity contribution in [3.05, 3.63) is 203 Å². The molecule has 0 N–H and O–H groups in total. The molecule has 10 rings (SSSR count). The second-order valence-electron chi connectivity index (χ2n) is 16.1. The van der Waals surface area contributed by atoms with Crippen molar-refractivity contribution in [3.63, 3.8) is 0 Å². The van der Waals surface area contributed by atoms with E-state index in [0.29, 0.717) is 5.92 Å². The van der Waals surface area contributed by atoms with E-state index >= 15 is 0 Å². The Hall–Kier alpha value is -5.92. The van der Waals surface area contributed by atoms with Gasteiger partial charge in [-0.3, -0.25) is 0 Å². The van der Waals surface area contributed by atoms with Crippen molar-refractivity contribution < 1.29 is 0 Å². The van der Waals surface area contributed by atoms with Gasteiger partial charge in [0.25, 0.3) is 0 Å². The number of rotatable bonds is 5. The molecule has 7 aromatic rings. The third kappa shape index (κ3) is 4.84. The third-order valence-corrected chi connectivity index (χ3v) is 12.4. The van der Waals surface area contributed by atoms with Crippen LogP contribution in [-0.2, 0) is 10.8 Å². The molecule has 1 nitrogen and oxygen atoms in total. The van der Waals surface area contributed by atoms with E-state index in [2.05, 4.69) is 202 Å². The summed E-state index contributed by atoms with van der Waals surface area (Å²) in [6, 6.07) is 57.0. The van der Waals surface area contributed by atoms with Gasteiger partial charge in [0, 0.05) is 33.8 Å². The topological polar surface area (TPSA) is 3.24 Å².